The second-order valence-electron chi connectivity index (χ2n) is 2.56. The summed E-state index contributed by atoms with van der Waals surface area (Å²) in [6.45, 7) is 6.74. The molecule has 1 rings (SSSR count). The quantitative estimate of drug-likeness (QED) is 0.406. The Morgan fingerprint density at radius 2 is 2.00 bits per heavy atom. The van der Waals surface area contributed by atoms with Crippen LogP contribution in [0.1, 0.15) is 20.8 Å². The molecular weight excluding hydrogens is 84.1 g/mol. The zero-order chi connectivity index (χ0) is 5.44. The van der Waals surface area contributed by atoms with Crippen molar-refractivity contribution < 1.29 is 0 Å². The second kappa shape index (κ2) is 1.36. The largest absolute Gasteiger partial charge is 0.0819 e. The lowest BCUT2D eigenvalue weighted by atomic mass is 9.78. The van der Waals surface area contributed by atoms with Crippen molar-refractivity contribution in [1.29, 1.82) is 0 Å². The molecule has 0 amide bonds. The van der Waals surface area contributed by atoms with Crippen molar-refractivity contribution in [3.63, 3.8) is 0 Å². The summed E-state index contributed by atoms with van der Waals surface area (Å²) in [4.78, 5) is 0. The molecule has 0 nitrogen and oxygen atoms in total. The zero-order valence-electron chi connectivity index (χ0n) is 5.23. The fraction of sp³-hybridized carbons (Fsp3) is 0.714. The third-order valence-electron chi connectivity index (χ3n) is 2.03. The van der Waals surface area contributed by atoms with E-state index in [1.54, 1.807) is 5.57 Å². The molecule has 0 aliphatic heterocycles. The molecule has 0 bridgehead atoms. The van der Waals surface area contributed by atoms with Crippen LogP contribution in [0.3, 0.4) is 0 Å². The summed E-state index contributed by atoms with van der Waals surface area (Å²) >= 11 is 0. The molecule has 0 fully saturated rings. The molecule has 0 aromatic rings. The topological polar surface area (TPSA) is 0 Å². The van der Waals surface area contributed by atoms with Crippen molar-refractivity contribution in [2.24, 2.45) is 11.8 Å². The fourth-order valence-electron chi connectivity index (χ4n) is 1.01. The van der Waals surface area contributed by atoms with Gasteiger partial charge >= 0.3 is 0 Å². The van der Waals surface area contributed by atoms with Crippen LogP contribution < -0.4 is 0 Å². The number of hydrogen-bond donors (Lipinski definition) is 0. The Balaban J connectivity index is 2.57. The van der Waals surface area contributed by atoms with E-state index in [0.29, 0.717) is 0 Å². The molecule has 7 heavy (non-hydrogen) atoms. The first kappa shape index (κ1) is 4.89. The first-order chi connectivity index (χ1) is 3.22. The lowest BCUT2D eigenvalue weighted by Gasteiger charge is -2.27. The van der Waals surface area contributed by atoms with Gasteiger partial charge in [0.1, 0.15) is 0 Å². The summed E-state index contributed by atoms with van der Waals surface area (Å²) in [5, 5.41) is 0. The molecule has 2 atom stereocenters. The van der Waals surface area contributed by atoms with Crippen LogP contribution in [-0.2, 0) is 0 Å². The van der Waals surface area contributed by atoms with E-state index in [4.69, 9.17) is 0 Å². The van der Waals surface area contributed by atoms with E-state index in [2.05, 4.69) is 26.8 Å². The summed E-state index contributed by atoms with van der Waals surface area (Å²) < 4.78 is 0. The summed E-state index contributed by atoms with van der Waals surface area (Å²) in [5.74, 6) is 1.71. The molecule has 0 aromatic heterocycles. The maximum absolute atomic E-state index is 2.32. The Morgan fingerprint density at radius 3 is 2.00 bits per heavy atom. The molecule has 0 saturated heterocycles. The highest BCUT2D eigenvalue weighted by Gasteiger charge is 2.19. The van der Waals surface area contributed by atoms with Crippen LogP contribution >= 0.6 is 0 Å². The van der Waals surface area contributed by atoms with Crippen LogP contribution in [0.15, 0.2) is 11.6 Å². The molecule has 0 heterocycles. The highest BCUT2D eigenvalue weighted by molar-refractivity contribution is 5.17. The Bertz CT molecular complexity index is 101. The average Bonchev–Trinajstić information content (AvgIpc) is 1.68. The summed E-state index contributed by atoms with van der Waals surface area (Å²) in [7, 11) is 0. The van der Waals surface area contributed by atoms with Gasteiger partial charge in [-0.2, -0.15) is 0 Å². The Morgan fingerprint density at radius 1 is 1.43 bits per heavy atom. The van der Waals surface area contributed by atoms with Gasteiger partial charge in [0, 0.05) is 0 Å². The molecule has 0 saturated carbocycles. The highest BCUT2D eigenvalue weighted by atomic mass is 14.2. The number of hydrogen-bond acceptors (Lipinski definition) is 0. The van der Waals surface area contributed by atoms with Gasteiger partial charge in [-0.1, -0.05) is 25.5 Å². The lowest BCUT2D eigenvalue weighted by Crippen LogP contribution is -2.16. The van der Waals surface area contributed by atoms with Crippen molar-refractivity contribution >= 4 is 0 Å². The summed E-state index contributed by atoms with van der Waals surface area (Å²) in [6, 6.07) is 0. The van der Waals surface area contributed by atoms with Crippen LogP contribution in [0.2, 0.25) is 0 Å². The minimum Gasteiger partial charge on any atom is -0.0819 e. The standard InChI is InChI=1S/C7H12/c1-5-4-6(2)7(5)3/h4-5,7H,1-3H3. The van der Waals surface area contributed by atoms with Crippen LogP contribution in [0, 0.1) is 11.8 Å². The van der Waals surface area contributed by atoms with E-state index in [1.165, 1.54) is 0 Å². The van der Waals surface area contributed by atoms with E-state index in [0.717, 1.165) is 11.8 Å². The van der Waals surface area contributed by atoms with E-state index < -0.39 is 0 Å². The van der Waals surface area contributed by atoms with Crippen LogP contribution in [0.5, 0.6) is 0 Å². The van der Waals surface area contributed by atoms with Gasteiger partial charge in [0.15, 0.2) is 0 Å². The van der Waals surface area contributed by atoms with E-state index >= 15 is 0 Å². The van der Waals surface area contributed by atoms with Crippen molar-refractivity contribution in [3.05, 3.63) is 11.6 Å². The third kappa shape index (κ3) is 0.583. The smallest absolute Gasteiger partial charge is 0.0174 e. The van der Waals surface area contributed by atoms with Crippen molar-refractivity contribution in [2.75, 3.05) is 0 Å². The van der Waals surface area contributed by atoms with Crippen LogP contribution in [0.25, 0.3) is 0 Å². The van der Waals surface area contributed by atoms with E-state index in [-0.39, 0.29) is 0 Å². The predicted molar refractivity (Wildman–Crippen MR) is 32.1 cm³/mol. The first-order valence-corrected chi connectivity index (χ1v) is 2.90. The monoisotopic (exact) mass is 96.1 g/mol. The van der Waals surface area contributed by atoms with Gasteiger partial charge in [0.25, 0.3) is 0 Å². The summed E-state index contributed by atoms with van der Waals surface area (Å²) in [5.41, 5.74) is 1.56. The zero-order valence-corrected chi connectivity index (χ0v) is 5.23. The Kier molecular flexibility index (Phi) is 0.949. The van der Waals surface area contributed by atoms with Gasteiger partial charge in [0.2, 0.25) is 0 Å². The highest BCUT2D eigenvalue weighted by Crippen LogP contribution is 2.31. The molecule has 0 radical (unpaired) electrons. The molecule has 0 spiro atoms. The Labute approximate surface area is 45.2 Å². The van der Waals surface area contributed by atoms with Gasteiger partial charge in [-0.05, 0) is 18.8 Å². The van der Waals surface area contributed by atoms with E-state index in [1.807, 2.05) is 0 Å². The normalized spacial score (nSPS) is 39.6. The third-order valence-corrected chi connectivity index (χ3v) is 2.03. The molecule has 1 aliphatic rings. The van der Waals surface area contributed by atoms with Gasteiger partial charge in [-0.15, -0.1) is 0 Å². The predicted octanol–water partition coefficient (Wildman–Crippen LogP) is 2.22. The van der Waals surface area contributed by atoms with Crippen LogP contribution in [0.4, 0.5) is 0 Å². The maximum Gasteiger partial charge on any atom is -0.0174 e. The molecule has 0 aromatic carbocycles. The molecule has 0 N–H and O–H groups in total. The van der Waals surface area contributed by atoms with Gasteiger partial charge < -0.3 is 0 Å². The fourth-order valence-corrected chi connectivity index (χ4v) is 1.01. The minimum absolute atomic E-state index is 0.847. The van der Waals surface area contributed by atoms with Gasteiger partial charge in [0.05, 0.1) is 0 Å². The first-order valence-electron chi connectivity index (χ1n) is 2.90. The molecular formula is C7H12. The van der Waals surface area contributed by atoms with Crippen molar-refractivity contribution in [2.45, 2.75) is 20.8 Å². The van der Waals surface area contributed by atoms with Crippen molar-refractivity contribution in [3.8, 4) is 0 Å². The molecule has 2 unspecified atom stereocenters. The average molecular weight is 96.2 g/mol. The van der Waals surface area contributed by atoms with Crippen molar-refractivity contribution in [1.82, 2.24) is 0 Å². The minimum atomic E-state index is 0.847. The van der Waals surface area contributed by atoms with E-state index in [9.17, 15) is 0 Å². The summed E-state index contributed by atoms with van der Waals surface area (Å²) in [6.07, 6.45) is 2.32. The molecule has 1 aliphatic carbocycles. The SMILES string of the molecule is CC1=CC(C)C1C. The maximum atomic E-state index is 2.32. The lowest BCUT2D eigenvalue weighted by molar-refractivity contribution is 0.463. The molecule has 0 heteroatoms. The Hall–Kier alpha value is -0.260. The second-order valence-corrected chi connectivity index (χ2v) is 2.56. The van der Waals surface area contributed by atoms with Gasteiger partial charge in [-0.3, -0.25) is 0 Å². The number of rotatable bonds is 0. The van der Waals surface area contributed by atoms with Gasteiger partial charge in [-0.25, -0.2) is 0 Å². The van der Waals surface area contributed by atoms with Crippen LogP contribution in [-0.4, -0.2) is 0 Å². The number of allylic oxidation sites excluding steroid dienone is 2. The molecule has 40 valence electrons.